The number of amides is 1. The molecule has 6 nitrogen and oxygen atoms in total. The summed E-state index contributed by atoms with van der Waals surface area (Å²) in [6.07, 6.45) is 2.13. The number of rotatable bonds is 8. The summed E-state index contributed by atoms with van der Waals surface area (Å²) >= 11 is 2.11. The van der Waals surface area contributed by atoms with Gasteiger partial charge in [0.05, 0.1) is 17.3 Å². The Hall–Kier alpha value is -2.55. The number of carboxylic acid groups (broad SMARTS) is 1. The Balaban J connectivity index is 2.20. The SMILES string of the molecule is COc1cc(C=C(NC(C)=O)C(=O)O)cc(I)c1OCCc1ccccc1. The summed E-state index contributed by atoms with van der Waals surface area (Å²) in [5.41, 5.74) is 1.54. The van der Waals surface area contributed by atoms with E-state index in [1.807, 2.05) is 30.3 Å². The molecule has 0 aliphatic carbocycles. The first-order chi connectivity index (χ1) is 12.9. The number of hydrogen-bond donors (Lipinski definition) is 2. The van der Waals surface area contributed by atoms with E-state index in [9.17, 15) is 14.7 Å². The maximum Gasteiger partial charge on any atom is 0.352 e. The van der Waals surface area contributed by atoms with Gasteiger partial charge in [0.15, 0.2) is 11.5 Å². The van der Waals surface area contributed by atoms with E-state index in [1.165, 1.54) is 25.7 Å². The number of carbonyl (C=O) groups excluding carboxylic acids is 1. The minimum atomic E-state index is -1.22. The van der Waals surface area contributed by atoms with E-state index in [1.54, 1.807) is 12.1 Å². The third-order valence-corrected chi connectivity index (χ3v) is 4.39. The molecule has 0 unspecified atom stereocenters. The quantitative estimate of drug-likeness (QED) is 0.446. The smallest absolute Gasteiger partial charge is 0.352 e. The van der Waals surface area contributed by atoms with Crippen LogP contribution >= 0.6 is 22.6 Å². The van der Waals surface area contributed by atoms with Crippen molar-refractivity contribution in [3.05, 3.63) is 62.9 Å². The summed E-state index contributed by atoms with van der Waals surface area (Å²) in [5, 5.41) is 11.5. The highest BCUT2D eigenvalue weighted by molar-refractivity contribution is 14.1. The van der Waals surface area contributed by atoms with Crippen molar-refractivity contribution in [2.45, 2.75) is 13.3 Å². The zero-order valence-corrected chi connectivity index (χ0v) is 17.1. The summed E-state index contributed by atoms with van der Waals surface area (Å²) < 4.78 is 12.1. The first kappa shape index (κ1) is 20.8. The van der Waals surface area contributed by atoms with Gasteiger partial charge in [-0.25, -0.2) is 4.79 Å². The minimum Gasteiger partial charge on any atom is -0.493 e. The molecule has 0 saturated heterocycles. The van der Waals surface area contributed by atoms with Crippen molar-refractivity contribution in [2.24, 2.45) is 0 Å². The number of hydrogen-bond acceptors (Lipinski definition) is 4. The summed E-state index contributed by atoms with van der Waals surface area (Å²) in [6.45, 7) is 1.74. The zero-order valence-electron chi connectivity index (χ0n) is 15.0. The summed E-state index contributed by atoms with van der Waals surface area (Å²) in [6, 6.07) is 13.4. The molecule has 2 aromatic rings. The number of benzene rings is 2. The lowest BCUT2D eigenvalue weighted by Crippen LogP contribution is -2.24. The van der Waals surface area contributed by atoms with Crippen LogP contribution in [-0.2, 0) is 16.0 Å². The first-order valence-electron chi connectivity index (χ1n) is 8.17. The minimum absolute atomic E-state index is 0.210. The van der Waals surface area contributed by atoms with Crippen LogP contribution in [0.5, 0.6) is 11.5 Å². The van der Waals surface area contributed by atoms with Crippen LogP contribution in [0.4, 0.5) is 0 Å². The highest BCUT2D eigenvalue weighted by atomic mass is 127. The second-order valence-electron chi connectivity index (χ2n) is 5.66. The fourth-order valence-corrected chi connectivity index (χ4v) is 3.17. The number of carbonyl (C=O) groups is 2. The van der Waals surface area contributed by atoms with Crippen LogP contribution in [0.2, 0.25) is 0 Å². The topological polar surface area (TPSA) is 84.9 Å². The van der Waals surface area contributed by atoms with E-state index in [0.29, 0.717) is 23.7 Å². The van der Waals surface area contributed by atoms with Crippen LogP contribution in [0.15, 0.2) is 48.2 Å². The van der Waals surface area contributed by atoms with Crippen LogP contribution in [0.25, 0.3) is 6.08 Å². The van der Waals surface area contributed by atoms with Gasteiger partial charge in [0.25, 0.3) is 0 Å². The molecule has 0 fully saturated rings. The van der Waals surface area contributed by atoms with Crippen molar-refractivity contribution < 1.29 is 24.2 Å². The van der Waals surface area contributed by atoms with Crippen LogP contribution in [-0.4, -0.2) is 30.7 Å². The molecule has 1 amide bonds. The third kappa shape index (κ3) is 6.28. The number of carboxylic acids is 1. The Kier molecular flexibility index (Phi) is 7.66. The normalized spacial score (nSPS) is 11.0. The Morgan fingerprint density at radius 3 is 2.52 bits per heavy atom. The largest absolute Gasteiger partial charge is 0.493 e. The Labute approximate surface area is 171 Å². The predicted molar refractivity (Wildman–Crippen MR) is 111 cm³/mol. The van der Waals surface area contributed by atoms with E-state index < -0.39 is 11.9 Å². The Morgan fingerprint density at radius 2 is 1.93 bits per heavy atom. The summed E-state index contributed by atoms with van der Waals surface area (Å²) in [5.74, 6) is -0.579. The lowest BCUT2D eigenvalue weighted by atomic mass is 10.1. The van der Waals surface area contributed by atoms with E-state index in [-0.39, 0.29) is 5.70 Å². The van der Waals surface area contributed by atoms with Gasteiger partial charge in [0.1, 0.15) is 5.70 Å². The van der Waals surface area contributed by atoms with Crippen molar-refractivity contribution in [2.75, 3.05) is 13.7 Å². The van der Waals surface area contributed by atoms with Crippen LogP contribution < -0.4 is 14.8 Å². The highest BCUT2D eigenvalue weighted by Gasteiger charge is 2.14. The number of nitrogens with one attached hydrogen (secondary N) is 1. The van der Waals surface area contributed by atoms with Crippen LogP contribution in [0.3, 0.4) is 0 Å². The predicted octanol–water partition coefficient (Wildman–Crippen LogP) is 3.48. The average molecular weight is 481 g/mol. The lowest BCUT2D eigenvalue weighted by Gasteiger charge is -2.14. The van der Waals surface area contributed by atoms with Gasteiger partial charge in [-0.05, 0) is 51.9 Å². The number of halogens is 1. The number of aliphatic carboxylic acids is 1. The molecular weight excluding hydrogens is 461 g/mol. The van der Waals surface area contributed by atoms with E-state index >= 15 is 0 Å². The molecule has 27 heavy (non-hydrogen) atoms. The summed E-state index contributed by atoms with van der Waals surface area (Å²) in [7, 11) is 1.52. The molecule has 0 radical (unpaired) electrons. The fourth-order valence-electron chi connectivity index (χ4n) is 2.39. The monoisotopic (exact) mass is 481 g/mol. The van der Waals surface area contributed by atoms with Crippen molar-refractivity contribution in [3.63, 3.8) is 0 Å². The van der Waals surface area contributed by atoms with Crippen LogP contribution in [0, 0.1) is 3.57 Å². The van der Waals surface area contributed by atoms with Crippen LogP contribution in [0.1, 0.15) is 18.1 Å². The Bertz CT molecular complexity index is 849. The van der Waals surface area contributed by atoms with E-state index in [0.717, 1.165) is 9.99 Å². The van der Waals surface area contributed by atoms with Gasteiger partial charge in [-0.3, -0.25) is 4.79 Å². The molecule has 2 rings (SSSR count). The molecular formula is C20H20INO5. The van der Waals surface area contributed by atoms with Gasteiger partial charge in [0, 0.05) is 13.3 Å². The van der Waals surface area contributed by atoms with Crippen molar-refractivity contribution >= 4 is 40.5 Å². The molecule has 7 heteroatoms. The molecule has 0 aromatic heterocycles. The highest BCUT2D eigenvalue weighted by Crippen LogP contribution is 2.34. The second kappa shape index (κ2) is 9.96. The lowest BCUT2D eigenvalue weighted by molar-refractivity contribution is -0.134. The first-order valence-corrected chi connectivity index (χ1v) is 9.25. The standard InChI is InChI=1S/C20H20INO5/c1-13(23)22-17(20(24)25)11-15-10-16(21)19(18(12-15)26-2)27-9-8-14-6-4-3-5-7-14/h3-7,10-12H,8-9H2,1-2H3,(H,22,23)(H,24,25). The molecule has 0 atom stereocenters. The van der Waals surface area contributed by atoms with E-state index in [4.69, 9.17) is 9.47 Å². The summed E-state index contributed by atoms with van der Waals surface area (Å²) in [4.78, 5) is 22.4. The van der Waals surface area contributed by atoms with Gasteiger partial charge in [-0.15, -0.1) is 0 Å². The number of ether oxygens (including phenoxy) is 2. The molecule has 2 N–H and O–H groups in total. The molecule has 2 aromatic carbocycles. The maximum atomic E-state index is 11.3. The van der Waals surface area contributed by atoms with Gasteiger partial charge in [-0.2, -0.15) is 0 Å². The molecule has 0 bridgehead atoms. The molecule has 0 heterocycles. The number of methoxy groups -OCH3 is 1. The van der Waals surface area contributed by atoms with Gasteiger partial charge in [-0.1, -0.05) is 30.3 Å². The van der Waals surface area contributed by atoms with Crippen molar-refractivity contribution in [1.82, 2.24) is 5.32 Å². The molecule has 0 saturated carbocycles. The second-order valence-corrected chi connectivity index (χ2v) is 6.82. The van der Waals surface area contributed by atoms with E-state index in [2.05, 4.69) is 27.9 Å². The van der Waals surface area contributed by atoms with Crippen molar-refractivity contribution in [3.8, 4) is 11.5 Å². The van der Waals surface area contributed by atoms with Gasteiger partial charge in [0.2, 0.25) is 5.91 Å². The zero-order chi connectivity index (χ0) is 19.8. The maximum absolute atomic E-state index is 11.3. The van der Waals surface area contributed by atoms with Gasteiger partial charge >= 0.3 is 5.97 Å². The van der Waals surface area contributed by atoms with Gasteiger partial charge < -0.3 is 19.9 Å². The molecule has 0 aliphatic heterocycles. The average Bonchev–Trinajstić information content (AvgIpc) is 2.63. The Morgan fingerprint density at radius 1 is 1.22 bits per heavy atom. The van der Waals surface area contributed by atoms with Crippen molar-refractivity contribution in [1.29, 1.82) is 0 Å². The third-order valence-electron chi connectivity index (χ3n) is 3.58. The molecule has 142 valence electrons. The molecule has 0 spiro atoms. The fraction of sp³-hybridized carbons (Fsp3) is 0.200. The molecule has 0 aliphatic rings.